The van der Waals surface area contributed by atoms with Gasteiger partial charge in [0.05, 0.1) is 16.5 Å². The van der Waals surface area contributed by atoms with Crippen molar-refractivity contribution in [1.82, 2.24) is 15.0 Å². The number of hydrogen-bond acceptors (Lipinski definition) is 5. The lowest BCUT2D eigenvalue weighted by Gasteiger charge is -2.13. The van der Waals surface area contributed by atoms with E-state index in [4.69, 9.17) is 10.5 Å². The zero-order valence-electron chi connectivity index (χ0n) is 14.6. The van der Waals surface area contributed by atoms with Gasteiger partial charge in [0.15, 0.2) is 5.82 Å². The third-order valence-electron chi connectivity index (χ3n) is 4.17. The number of nitrogens with zero attached hydrogens (tertiary/aromatic N) is 3. The van der Waals surface area contributed by atoms with E-state index < -0.39 is 5.91 Å². The van der Waals surface area contributed by atoms with Gasteiger partial charge in [-0.15, -0.1) is 0 Å². The summed E-state index contributed by atoms with van der Waals surface area (Å²) < 4.78 is 6.03. The van der Waals surface area contributed by atoms with Crippen LogP contribution in [0.15, 0.2) is 67.0 Å². The first-order valence-electron chi connectivity index (χ1n) is 8.38. The lowest BCUT2D eigenvalue weighted by atomic mass is 10.1. The Morgan fingerprint density at radius 1 is 1.00 bits per heavy atom. The monoisotopic (exact) mass is 356 g/mol. The van der Waals surface area contributed by atoms with Gasteiger partial charge in [-0.1, -0.05) is 24.3 Å². The lowest BCUT2D eigenvalue weighted by Crippen LogP contribution is -2.12. The van der Waals surface area contributed by atoms with Gasteiger partial charge in [-0.2, -0.15) is 4.98 Å². The second kappa shape index (κ2) is 6.84. The molecule has 0 saturated carbocycles. The molecule has 0 saturated heterocycles. The maximum Gasteiger partial charge on any atom is 0.252 e. The fourth-order valence-electron chi connectivity index (χ4n) is 2.83. The van der Waals surface area contributed by atoms with Crippen molar-refractivity contribution in [3.8, 4) is 23.0 Å². The fourth-order valence-corrected chi connectivity index (χ4v) is 2.83. The molecule has 4 rings (SSSR count). The van der Waals surface area contributed by atoms with Gasteiger partial charge >= 0.3 is 0 Å². The number of carbonyl (C=O) groups excluding carboxylic acids is 1. The standard InChI is InChI=1S/C21H16N4O2/c1-13-6-4-9-16-18(13)24-20(14-7-5-11-23-12-14)25-21(16)27-17-10-3-2-8-15(17)19(22)26/h2-12H,1H3,(H2,22,26). The van der Waals surface area contributed by atoms with Crippen LogP contribution in [0.5, 0.6) is 11.6 Å². The van der Waals surface area contributed by atoms with Crippen molar-refractivity contribution >= 4 is 16.8 Å². The average molecular weight is 356 g/mol. The number of nitrogens with two attached hydrogens (primary N) is 1. The molecule has 0 unspecified atom stereocenters. The normalized spacial score (nSPS) is 10.7. The molecule has 6 heteroatoms. The smallest absolute Gasteiger partial charge is 0.252 e. The van der Waals surface area contributed by atoms with Gasteiger partial charge in [0.2, 0.25) is 5.88 Å². The molecule has 2 N–H and O–H groups in total. The van der Waals surface area contributed by atoms with Crippen LogP contribution in [0.2, 0.25) is 0 Å². The van der Waals surface area contributed by atoms with Crippen LogP contribution >= 0.6 is 0 Å². The van der Waals surface area contributed by atoms with Crippen LogP contribution in [0.3, 0.4) is 0 Å². The largest absolute Gasteiger partial charge is 0.437 e. The van der Waals surface area contributed by atoms with Crippen molar-refractivity contribution in [1.29, 1.82) is 0 Å². The van der Waals surface area contributed by atoms with E-state index in [0.717, 1.165) is 22.0 Å². The third kappa shape index (κ3) is 3.20. The molecule has 2 aromatic carbocycles. The van der Waals surface area contributed by atoms with Gasteiger partial charge in [-0.05, 0) is 42.8 Å². The number of carbonyl (C=O) groups is 1. The maximum atomic E-state index is 11.7. The number of aryl methyl sites for hydroxylation is 1. The van der Waals surface area contributed by atoms with Crippen LogP contribution in [0.25, 0.3) is 22.3 Å². The SMILES string of the molecule is Cc1cccc2c(Oc3ccccc3C(N)=O)nc(-c3cccnc3)nc12. The Morgan fingerprint density at radius 2 is 1.85 bits per heavy atom. The van der Waals surface area contributed by atoms with Crippen LogP contribution in [0.4, 0.5) is 0 Å². The molecule has 0 fully saturated rings. The van der Waals surface area contributed by atoms with E-state index in [-0.39, 0.29) is 0 Å². The zero-order valence-corrected chi connectivity index (χ0v) is 14.6. The van der Waals surface area contributed by atoms with Crippen LogP contribution in [0.1, 0.15) is 15.9 Å². The molecular weight excluding hydrogens is 340 g/mol. The van der Waals surface area contributed by atoms with Crippen LogP contribution in [0, 0.1) is 6.92 Å². The second-order valence-corrected chi connectivity index (χ2v) is 6.03. The van der Waals surface area contributed by atoms with Crippen LogP contribution < -0.4 is 10.5 Å². The molecule has 0 spiro atoms. The van der Waals surface area contributed by atoms with Gasteiger partial charge in [-0.3, -0.25) is 9.78 Å². The first-order chi connectivity index (χ1) is 13.1. The highest BCUT2D eigenvalue weighted by Gasteiger charge is 2.15. The summed E-state index contributed by atoms with van der Waals surface area (Å²) >= 11 is 0. The lowest BCUT2D eigenvalue weighted by molar-refractivity contribution is 0.0998. The molecule has 132 valence electrons. The topological polar surface area (TPSA) is 91.0 Å². The molecular formula is C21H16N4O2. The minimum absolute atomic E-state index is 0.292. The number of aromatic nitrogens is 3. The van der Waals surface area contributed by atoms with E-state index in [9.17, 15) is 4.79 Å². The summed E-state index contributed by atoms with van der Waals surface area (Å²) in [6.07, 6.45) is 3.39. The number of rotatable bonds is 4. The molecule has 0 aliphatic heterocycles. The number of amides is 1. The van der Waals surface area contributed by atoms with Crippen molar-refractivity contribution in [3.05, 3.63) is 78.1 Å². The number of fused-ring (bicyclic) bond motifs is 1. The Labute approximate surface area is 155 Å². The van der Waals surface area contributed by atoms with Crippen molar-refractivity contribution in [2.45, 2.75) is 6.92 Å². The van der Waals surface area contributed by atoms with Crippen LogP contribution in [-0.2, 0) is 0 Å². The van der Waals surface area contributed by atoms with E-state index in [1.165, 1.54) is 0 Å². The van der Waals surface area contributed by atoms with E-state index in [0.29, 0.717) is 23.0 Å². The number of para-hydroxylation sites is 2. The van der Waals surface area contributed by atoms with Gasteiger partial charge in [0, 0.05) is 18.0 Å². The predicted molar refractivity (Wildman–Crippen MR) is 103 cm³/mol. The van der Waals surface area contributed by atoms with Gasteiger partial charge in [-0.25, -0.2) is 4.98 Å². The summed E-state index contributed by atoms with van der Waals surface area (Å²) in [6.45, 7) is 1.98. The van der Waals surface area contributed by atoms with Crippen LogP contribution in [-0.4, -0.2) is 20.9 Å². The highest BCUT2D eigenvalue weighted by molar-refractivity contribution is 5.96. The Morgan fingerprint density at radius 3 is 2.63 bits per heavy atom. The number of hydrogen-bond donors (Lipinski definition) is 1. The highest BCUT2D eigenvalue weighted by Crippen LogP contribution is 2.32. The minimum Gasteiger partial charge on any atom is -0.437 e. The summed E-state index contributed by atoms with van der Waals surface area (Å²) in [7, 11) is 0. The molecule has 2 heterocycles. The molecule has 4 aromatic rings. The molecule has 1 amide bonds. The minimum atomic E-state index is -0.562. The number of pyridine rings is 1. The van der Waals surface area contributed by atoms with Crippen molar-refractivity contribution in [2.24, 2.45) is 5.73 Å². The summed E-state index contributed by atoms with van der Waals surface area (Å²) in [5.41, 5.74) is 8.30. The highest BCUT2D eigenvalue weighted by atomic mass is 16.5. The van der Waals surface area contributed by atoms with E-state index >= 15 is 0 Å². The van der Waals surface area contributed by atoms with E-state index in [1.807, 2.05) is 37.3 Å². The molecule has 0 aliphatic rings. The van der Waals surface area contributed by atoms with E-state index in [2.05, 4.69) is 15.0 Å². The molecule has 0 atom stereocenters. The first-order valence-corrected chi connectivity index (χ1v) is 8.38. The van der Waals surface area contributed by atoms with Crippen molar-refractivity contribution in [2.75, 3.05) is 0 Å². The zero-order chi connectivity index (χ0) is 18.8. The molecule has 0 aliphatic carbocycles. The van der Waals surface area contributed by atoms with Crippen molar-refractivity contribution in [3.63, 3.8) is 0 Å². The maximum absolute atomic E-state index is 11.7. The Balaban J connectivity index is 1.92. The van der Waals surface area contributed by atoms with Crippen molar-refractivity contribution < 1.29 is 9.53 Å². The quantitative estimate of drug-likeness (QED) is 0.599. The summed E-state index contributed by atoms with van der Waals surface area (Å²) in [5.74, 6) is 0.643. The summed E-state index contributed by atoms with van der Waals surface area (Å²) in [6, 6.07) is 16.3. The molecule has 0 bridgehead atoms. The summed E-state index contributed by atoms with van der Waals surface area (Å²) in [4.78, 5) is 25.1. The number of primary amides is 1. The predicted octanol–water partition coefficient (Wildman–Crippen LogP) is 3.89. The molecule has 2 aromatic heterocycles. The molecule has 0 radical (unpaired) electrons. The Kier molecular flexibility index (Phi) is 4.22. The number of benzene rings is 2. The molecule has 27 heavy (non-hydrogen) atoms. The van der Waals surface area contributed by atoms with Gasteiger partial charge in [0.1, 0.15) is 5.75 Å². The van der Waals surface area contributed by atoms with Gasteiger partial charge < -0.3 is 10.5 Å². The Hall–Kier alpha value is -3.80. The fraction of sp³-hybridized carbons (Fsp3) is 0.0476. The number of ether oxygens (including phenoxy) is 1. The average Bonchev–Trinajstić information content (AvgIpc) is 2.69. The first kappa shape index (κ1) is 16.7. The second-order valence-electron chi connectivity index (χ2n) is 6.03. The Bertz CT molecular complexity index is 1140. The van der Waals surface area contributed by atoms with Gasteiger partial charge in [0.25, 0.3) is 5.91 Å². The summed E-state index contributed by atoms with van der Waals surface area (Å²) in [5, 5.41) is 0.752. The molecule has 6 nitrogen and oxygen atoms in total. The van der Waals surface area contributed by atoms with E-state index in [1.54, 1.807) is 36.7 Å². The third-order valence-corrected chi connectivity index (χ3v) is 4.17.